The summed E-state index contributed by atoms with van der Waals surface area (Å²) in [7, 11) is 3.35. The van der Waals surface area contributed by atoms with Crippen molar-refractivity contribution in [1.82, 2.24) is 0 Å². The van der Waals surface area contributed by atoms with Gasteiger partial charge in [-0.1, -0.05) is 12.1 Å². The summed E-state index contributed by atoms with van der Waals surface area (Å²) >= 11 is 0. The van der Waals surface area contributed by atoms with E-state index in [1.807, 2.05) is 31.2 Å². The topological polar surface area (TPSA) is 44.5 Å². The summed E-state index contributed by atoms with van der Waals surface area (Å²) in [5, 5.41) is 0. The summed E-state index contributed by atoms with van der Waals surface area (Å²) in [6.07, 6.45) is 0.899. The van der Waals surface area contributed by atoms with E-state index in [4.69, 9.17) is 15.2 Å². The van der Waals surface area contributed by atoms with Crippen LogP contribution in [0.1, 0.15) is 12.5 Å². The fourth-order valence-corrected chi connectivity index (χ4v) is 1.48. The van der Waals surface area contributed by atoms with Crippen LogP contribution < -0.4 is 10.5 Å². The van der Waals surface area contributed by atoms with Crippen LogP contribution in [0.2, 0.25) is 0 Å². The van der Waals surface area contributed by atoms with Gasteiger partial charge in [0.05, 0.1) is 13.2 Å². The molecule has 0 heterocycles. The van der Waals surface area contributed by atoms with E-state index in [0.717, 1.165) is 12.2 Å². The third-order valence-corrected chi connectivity index (χ3v) is 2.49. The molecule has 3 nitrogen and oxygen atoms in total. The number of methoxy groups -OCH3 is 2. The summed E-state index contributed by atoms with van der Waals surface area (Å²) in [4.78, 5) is 0. The molecule has 0 aliphatic carbocycles. The van der Waals surface area contributed by atoms with Crippen LogP contribution >= 0.6 is 0 Å². The first-order valence-corrected chi connectivity index (χ1v) is 5.08. The van der Waals surface area contributed by atoms with E-state index < -0.39 is 0 Å². The second-order valence-electron chi connectivity index (χ2n) is 3.69. The third-order valence-electron chi connectivity index (χ3n) is 2.49. The highest BCUT2D eigenvalue weighted by molar-refractivity contribution is 5.27. The Balaban J connectivity index is 2.63. The van der Waals surface area contributed by atoms with E-state index in [2.05, 4.69) is 0 Å². The minimum Gasteiger partial charge on any atom is -0.497 e. The average molecular weight is 209 g/mol. The van der Waals surface area contributed by atoms with Crippen LogP contribution in [0, 0.1) is 0 Å². The van der Waals surface area contributed by atoms with Crippen LogP contribution in [-0.2, 0) is 11.2 Å². The lowest BCUT2D eigenvalue weighted by molar-refractivity contribution is 0.0855. The van der Waals surface area contributed by atoms with Crippen molar-refractivity contribution in [1.29, 1.82) is 0 Å². The number of hydrogen-bond donors (Lipinski definition) is 1. The fraction of sp³-hybridized carbons (Fsp3) is 0.500. The van der Waals surface area contributed by atoms with Gasteiger partial charge in [0.15, 0.2) is 0 Å². The lowest BCUT2D eigenvalue weighted by atomic mass is 10.0. The zero-order chi connectivity index (χ0) is 11.3. The molecule has 0 aliphatic rings. The number of rotatable bonds is 5. The number of hydrogen-bond acceptors (Lipinski definition) is 3. The molecule has 0 aliphatic heterocycles. The number of benzene rings is 1. The van der Waals surface area contributed by atoms with E-state index in [0.29, 0.717) is 0 Å². The first-order chi connectivity index (χ1) is 7.17. The van der Waals surface area contributed by atoms with Crippen molar-refractivity contribution in [3.05, 3.63) is 29.8 Å². The van der Waals surface area contributed by atoms with Gasteiger partial charge >= 0.3 is 0 Å². The average Bonchev–Trinajstić information content (AvgIpc) is 2.26. The molecule has 2 atom stereocenters. The molecule has 0 saturated carbocycles. The molecule has 1 rings (SSSR count). The Morgan fingerprint density at radius 2 is 1.80 bits per heavy atom. The van der Waals surface area contributed by atoms with Gasteiger partial charge in [0.25, 0.3) is 0 Å². The summed E-state index contributed by atoms with van der Waals surface area (Å²) in [5.41, 5.74) is 7.01. The molecule has 0 spiro atoms. The van der Waals surface area contributed by atoms with Gasteiger partial charge in [0, 0.05) is 19.6 Å². The van der Waals surface area contributed by atoms with E-state index in [-0.39, 0.29) is 12.1 Å². The van der Waals surface area contributed by atoms with Crippen molar-refractivity contribution in [3.8, 4) is 5.75 Å². The second kappa shape index (κ2) is 5.73. The standard InChI is InChI=1S/C12H19NO2/c1-9(13)12(15-3)8-10-4-6-11(14-2)7-5-10/h4-7,9,12H,8,13H2,1-3H3/t9-,12-/m0/s1. The molecule has 0 bridgehead atoms. The van der Waals surface area contributed by atoms with Gasteiger partial charge in [0.1, 0.15) is 5.75 Å². The van der Waals surface area contributed by atoms with E-state index >= 15 is 0 Å². The number of nitrogens with two attached hydrogens (primary N) is 1. The summed E-state index contributed by atoms with van der Waals surface area (Å²) in [6.45, 7) is 1.96. The van der Waals surface area contributed by atoms with Crippen molar-refractivity contribution in [2.45, 2.75) is 25.5 Å². The van der Waals surface area contributed by atoms with Gasteiger partial charge in [-0.05, 0) is 24.6 Å². The predicted octanol–water partition coefficient (Wildman–Crippen LogP) is 1.60. The molecule has 0 radical (unpaired) electrons. The zero-order valence-electron chi connectivity index (χ0n) is 9.57. The van der Waals surface area contributed by atoms with Crippen LogP contribution in [0.25, 0.3) is 0 Å². The van der Waals surface area contributed by atoms with E-state index in [1.54, 1.807) is 14.2 Å². The van der Waals surface area contributed by atoms with Gasteiger partial charge in [0.2, 0.25) is 0 Å². The quantitative estimate of drug-likeness (QED) is 0.801. The molecule has 0 unspecified atom stereocenters. The van der Waals surface area contributed by atoms with Crippen LogP contribution in [0.15, 0.2) is 24.3 Å². The summed E-state index contributed by atoms with van der Waals surface area (Å²) in [5.74, 6) is 0.869. The van der Waals surface area contributed by atoms with Crippen LogP contribution in [-0.4, -0.2) is 26.4 Å². The maximum atomic E-state index is 5.80. The van der Waals surface area contributed by atoms with Gasteiger partial charge in [-0.2, -0.15) is 0 Å². The summed E-state index contributed by atoms with van der Waals surface area (Å²) < 4.78 is 10.4. The van der Waals surface area contributed by atoms with Crippen LogP contribution in [0.4, 0.5) is 0 Å². The molecule has 0 aromatic heterocycles. The molecule has 0 saturated heterocycles. The molecule has 1 aromatic carbocycles. The molecular weight excluding hydrogens is 190 g/mol. The first kappa shape index (κ1) is 12.0. The first-order valence-electron chi connectivity index (χ1n) is 5.08. The van der Waals surface area contributed by atoms with Gasteiger partial charge in [-0.25, -0.2) is 0 Å². The lowest BCUT2D eigenvalue weighted by Crippen LogP contribution is -2.34. The predicted molar refractivity (Wildman–Crippen MR) is 61.1 cm³/mol. The molecule has 1 aromatic rings. The molecular formula is C12H19NO2. The Hall–Kier alpha value is -1.06. The minimum absolute atomic E-state index is 0.0390. The smallest absolute Gasteiger partial charge is 0.118 e. The van der Waals surface area contributed by atoms with Crippen molar-refractivity contribution in [2.24, 2.45) is 5.73 Å². The largest absolute Gasteiger partial charge is 0.497 e. The molecule has 0 amide bonds. The highest BCUT2D eigenvalue weighted by Gasteiger charge is 2.12. The zero-order valence-corrected chi connectivity index (χ0v) is 9.57. The molecule has 15 heavy (non-hydrogen) atoms. The minimum atomic E-state index is 0.0390. The van der Waals surface area contributed by atoms with Gasteiger partial charge < -0.3 is 15.2 Å². The Kier molecular flexibility index (Phi) is 4.59. The molecule has 84 valence electrons. The lowest BCUT2D eigenvalue weighted by Gasteiger charge is -2.19. The van der Waals surface area contributed by atoms with Crippen molar-refractivity contribution in [3.63, 3.8) is 0 Å². The fourth-order valence-electron chi connectivity index (χ4n) is 1.48. The van der Waals surface area contributed by atoms with Crippen molar-refractivity contribution >= 4 is 0 Å². The highest BCUT2D eigenvalue weighted by atomic mass is 16.5. The maximum Gasteiger partial charge on any atom is 0.118 e. The third kappa shape index (κ3) is 3.53. The molecule has 3 heteroatoms. The normalized spacial score (nSPS) is 14.7. The van der Waals surface area contributed by atoms with E-state index in [9.17, 15) is 0 Å². The SMILES string of the molecule is COc1ccc(C[C@H](OC)[C@H](C)N)cc1. The highest BCUT2D eigenvalue weighted by Crippen LogP contribution is 2.14. The Bertz CT molecular complexity index is 282. The van der Waals surface area contributed by atoms with Crippen LogP contribution in [0.3, 0.4) is 0 Å². The maximum absolute atomic E-state index is 5.80. The van der Waals surface area contributed by atoms with Gasteiger partial charge in [-0.3, -0.25) is 0 Å². The summed E-state index contributed by atoms with van der Waals surface area (Å²) in [6, 6.07) is 8.00. The Morgan fingerprint density at radius 1 is 1.20 bits per heavy atom. The Morgan fingerprint density at radius 3 is 2.20 bits per heavy atom. The Labute approximate surface area is 91.2 Å². The van der Waals surface area contributed by atoms with Crippen LogP contribution in [0.5, 0.6) is 5.75 Å². The molecule has 2 N–H and O–H groups in total. The second-order valence-corrected chi connectivity index (χ2v) is 3.69. The monoisotopic (exact) mass is 209 g/mol. The van der Waals surface area contributed by atoms with Gasteiger partial charge in [-0.15, -0.1) is 0 Å². The number of ether oxygens (including phenoxy) is 2. The van der Waals surface area contributed by atoms with Crippen molar-refractivity contribution in [2.75, 3.05) is 14.2 Å². The van der Waals surface area contributed by atoms with E-state index in [1.165, 1.54) is 5.56 Å². The molecule has 0 fully saturated rings. The van der Waals surface area contributed by atoms with Crippen molar-refractivity contribution < 1.29 is 9.47 Å².